The lowest BCUT2D eigenvalue weighted by atomic mass is 9.80. The highest BCUT2D eigenvalue weighted by atomic mass is 16.6. The second kappa shape index (κ2) is 9.24. The molecule has 42 heavy (non-hydrogen) atoms. The van der Waals surface area contributed by atoms with Gasteiger partial charge in [0.25, 0.3) is 0 Å². The van der Waals surface area contributed by atoms with Gasteiger partial charge in [0.2, 0.25) is 0 Å². The summed E-state index contributed by atoms with van der Waals surface area (Å²) in [4.78, 5) is 73.9. The number of carboxylic acid groups (broad SMARTS) is 4. The van der Waals surface area contributed by atoms with Crippen LogP contribution in [0.3, 0.4) is 0 Å². The zero-order valence-electron chi connectivity index (χ0n) is 21.1. The lowest BCUT2D eigenvalue weighted by Gasteiger charge is -2.20. The van der Waals surface area contributed by atoms with Crippen molar-refractivity contribution in [3.05, 3.63) is 105 Å². The fraction of sp³-hybridized carbons (Fsp3) is 0.0323. The Bertz CT molecular complexity index is 1980. The molecule has 1 aliphatic heterocycles. The summed E-state index contributed by atoms with van der Waals surface area (Å²) < 4.78 is 5.00. The van der Waals surface area contributed by atoms with E-state index in [1.54, 1.807) is 18.2 Å². The van der Waals surface area contributed by atoms with E-state index in [4.69, 9.17) is 4.74 Å². The smallest absolute Gasteiger partial charge is 0.347 e. The van der Waals surface area contributed by atoms with Crippen LogP contribution in [0.25, 0.3) is 33.4 Å². The van der Waals surface area contributed by atoms with Gasteiger partial charge in [-0.15, -0.1) is 0 Å². The van der Waals surface area contributed by atoms with Gasteiger partial charge in [-0.2, -0.15) is 0 Å². The Labute approximate surface area is 234 Å². The van der Waals surface area contributed by atoms with Gasteiger partial charge in [-0.3, -0.25) is 0 Å². The predicted octanol–water partition coefficient (Wildman–Crippen LogP) is 4.70. The second-order valence-electron chi connectivity index (χ2n) is 9.61. The number of rotatable bonds is 6. The third kappa shape index (κ3) is 3.75. The monoisotopic (exact) mass is 564 g/mol. The number of carbonyl (C=O) groups excluding carboxylic acids is 2. The summed E-state index contributed by atoms with van der Waals surface area (Å²) in [5.74, 6) is -8.01. The van der Waals surface area contributed by atoms with E-state index >= 15 is 0 Å². The minimum atomic E-state index is -1.56. The maximum atomic E-state index is 13.2. The second-order valence-corrected chi connectivity index (χ2v) is 9.61. The average Bonchev–Trinajstić information content (AvgIpc) is 3.48. The number of esters is 2. The first-order chi connectivity index (χ1) is 20.0. The first-order valence-electron chi connectivity index (χ1n) is 12.3. The maximum absolute atomic E-state index is 13.2. The molecule has 6 rings (SSSR count). The van der Waals surface area contributed by atoms with Crippen LogP contribution in [0.1, 0.15) is 73.3 Å². The van der Waals surface area contributed by atoms with E-state index in [1.165, 1.54) is 12.1 Å². The summed E-state index contributed by atoms with van der Waals surface area (Å²) in [5.41, 5.74) is 0.379. The van der Waals surface area contributed by atoms with Crippen molar-refractivity contribution in [1.82, 2.24) is 0 Å². The van der Waals surface area contributed by atoms with Gasteiger partial charge in [-0.25, -0.2) is 28.8 Å². The van der Waals surface area contributed by atoms with Crippen molar-refractivity contribution < 1.29 is 53.9 Å². The minimum Gasteiger partial charge on any atom is -0.478 e. The average molecular weight is 564 g/mol. The normalized spacial score (nSPS) is 12.8. The number of hydrogen-bond donors (Lipinski definition) is 4. The highest BCUT2D eigenvalue weighted by molar-refractivity contribution is 6.23. The Balaban J connectivity index is 1.82. The number of fused-ring (bicyclic) bond motifs is 5. The van der Waals surface area contributed by atoms with Crippen molar-refractivity contribution >= 4 is 35.8 Å². The third-order valence-corrected chi connectivity index (χ3v) is 7.39. The molecule has 1 heterocycles. The topological polar surface area (TPSA) is 193 Å². The molecule has 0 amide bonds. The molecule has 4 aromatic carbocycles. The molecular formula is C31H16O11. The van der Waals surface area contributed by atoms with Gasteiger partial charge in [0.1, 0.15) is 0 Å². The van der Waals surface area contributed by atoms with Crippen LogP contribution in [0.15, 0.2) is 60.7 Å². The van der Waals surface area contributed by atoms with Crippen LogP contribution in [-0.4, -0.2) is 56.2 Å². The molecule has 0 radical (unpaired) electrons. The van der Waals surface area contributed by atoms with Gasteiger partial charge in [-0.1, -0.05) is 36.4 Å². The summed E-state index contributed by atoms with van der Waals surface area (Å²) in [6, 6.07) is 14.1. The van der Waals surface area contributed by atoms with E-state index in [0.29, 0.717) is 16.7 Å². The Hall–Kier alpha value is -6.10. The molecule has 206 valence electrons. The maximum Gasteiger partial charge on any atom is 0.347 e. The van der Waals surface area contributed by atoms with Gasteiger partial charge in [0, 0.05) is 5.56 Å². The molecular weight excluding hydrogens is 548 g/mol. The molecule has 0 bridgehead atoms. The Morgan fingerprint density at radius 3 is 1.55 bits per heavy atom. The largest absolute Gasteiger partial charge is 0.478 e. The molecule has 0 fully saturated rings. The highest BCUT2D eigenvalue weighted by Crippen LogP contribution is 2.52. The van der Waals surface area contributed by atoms with Gasteiger partial charge in [-0.05, 0) is 69.6 Å². The first-order valence-corrected chi connectivity index (χ1v) is 12.3. The van der Waals surface area contributed by atoms with E-state index in [0.717, 1.165) is 29.8 Å². The zero-order chi connectivity index (χ0) is 30.0. The summed E-state index contributed by atoms with van der Waals surface area (Å²) in [5, 5.41) is 38.7. The van der Waals surface area contributed by atoms with Gasteiger partial charge < -0.3 is 25.2 Å². The Kier molecular flexibility index (Phi) is 5.75. The van der Waals surface area contributed by atoms with Crippen LogP contribution in [0, 0.1) is 0 Å². The number of ether oxygens (including phenoxy) is 1. The fourth-order valence-electron chi connectivity index (χ4n) is 5.70. The van der Waals surface area contributed by atoms with Crippen molar-refractivity contribution in [2.45, 2.75) is 6.42 Å². The van der Waals surface area contributed by atoms with Gasteiger partial charge >= 0.3 is 35.8 Å². The standard InChI is InChI=1S/C31H16O11/c32-26(33)16-7-5-13(10-18(16)28(36)37)21-22(14-6-8-17(27(34)35)19(11-14)29(38)39)25-24(30(40)42-31(25)41)20-9-12-3-1-2-4-15(12)23(20)21/h1-8,10-11H,9H2,(H,32,33)(H,34,35)(H,36,37)(H,38,39). The molecule has 11 nitrogen and oxygen atoms in total. The molecule has 2 aliphatic rings. The summed E-state index contributed by atoms with van der Waals surface area (Å²) >= 11 is 0. The molecule has 4 N–H and O–H groups in total. The number of carbonyl (C=O) groups is 6. The number of hydrogen-bond acceptors (Lipinski definition) is 7. The van der Waals surface area contributed by atoms with Gasteiger partial charge in [0.15, 0.2) is 0 Å². The van der Waals surface area contributed by atoms with Crippen LogP contribution < -0.4 is 0 Å². The molecule has 0 unspecified atom stereocenters. The van der Waals surface area contributed by atoms with Crippen molar-refractivity contribution in [2.75, 3.05) is 0 Å². The Morgan fingerprint density at radius 2 is 1.02 bits per heavy atom. The number of carboxylic acids is 4. The van der Waals surface area contributed by atoms with Crippen LogP contribution >= 0.6 is 0 Å². The number of benzene rings is 4. The van der Waals surface area contributed by atoms with Crippen LogP contribution in [0.5, 0.6) is 0 Å². The van der Waals surface area contributed by atoms with E-state index in [9.17, 15) is 49.2 Å². The van der Waals surface area contributed by atoms with Gasteiger partial charge in [0.05, 0.1) is 33.4 Å². The summed E-state index contributed by atoms with van der Waals surface area (Å²) in [6.45, 7) is 0. The van der Waals surface area contributed by atoms with E-state index < -0.39 is 58.1 Å². The fourth-order valence-corrected chi connectivity index (χ4v) is 5.70. The molecule has 0 saturated heterocycles. The van der Waals surface area contributed by atoms with Crippen LogP contribution in [0.2, 0.25) is 0 Å². The molecule has 0 saturated carbocycles. The SMILES string of the molecule is O=C(O)c1ccc(-c2c3c(c4c(c2-c2ccc(C(=O)O)c(C(=O)O)c2)-c2ccccc2C4)C(=O)OC3=O)cc1C(=O)O. The predicted molar refractivity (Wildman–Crippen MR) is 143 cm³/mol. The third-order valence-electron chi connectivity index (χ3n) is 7.39. The van der Waals surface area contributed by atoms with Crippen LogP contribution in [0.4, 0.5) is 0 Å². The molecule has 0 spiro atoms. The van der Waals surface area contributed by atoms with Crippen molar-refractivity contribution in [2.24, 2.45) is 0 Å². The summed E-state index contributed by atoms with van der Waals surface area (Å²) in [7, 11) is 0. The first kappa shape index (κ1) is 26.1. The lowest BCUT2D eigenvalue weighted by molar-refractivity contribution is 0.0441. The summed E-state index contributed by atoms with van der Waals surface area (Å²) in [6.07, 6.45) is 0.223. The molecule has 4 aromatic rings. The van der Waals surface area contributed by atoms with E-state index in [1.807, 2.05) is 6.07 Å². The van der Waals surface area contributed by atoms with Crippen molar-refractivity contribution in [1.29, 1.82) is 0 Å². The number of cyclic esters (lactones) is 2. The minimum absolute atomic E-state index is 0.00940. The highest BCUT2D eigenvalue weighted by Gasteiger charge is 2.42. The molecule has 11 heteroatoms. The number of aromatic carboxylic acids is 4. The molecule has 0 atom stereocenters. The van der Waals surface area contributed by atoms with Crippen molar-refractivity contribution in [3.63, 3.8) is 0 Å². The van der Waals surface area contributed by atoms with Crippen molar-refractivity contribution in [3.8, 4) is 33.4 Å². The molecule has 1 aliphatic carbocycles. The van der Waals surface area contributed by atoms with Crippen LogP contribution in [-0.2, 0) is 11.2 Å². The van der Waals surface area contributed by atoms with E-state index in [2.05, 4.69) is 0 Å². The lowest BCUT2D eigenvalue weighted by Crippen LogP contribution is -2.10. The quantitative estimate of drug-likeness (QED) is 0.165. The zero-order valence-corrected chi connectivity index (χ0v) is 21.1. The Morgan fingerprint density at radius 1 is 0.548 bits per heavy atom. The molecule has 0 aromatic heterocycles. The van der Waals surface area contributed by atoms with E-state index in [-0.39, 0.29) is 39.8 Å².